The van der Waals surface area contributed by atoms with E-state index in [1.807, 2.05) is 0 Å². The van der Waals surface area contributed by atoms with Crippen molar-refractivity contribution in [3.05, 3.63) is 9.75 Å². The van der Waals surface area contributed by atoms with Crippen molar-refractivity contribution >= 4 is 56.7 Å². The highest BCUT2D eigenvalue weighted by Gasteiger charge is 2.39. The van der Waals surface area contributed by atoms with E-state index in [-0.39, 0.29) is 0 Å². The van der Waals surface area contributed by atoms with Gasteiger partial charge in [-0.15, -0.1) is 56.7 Å². The van der Waals surface area contributed by atoms with Gasteiger partial charge in [-0.2, -0.15) is 0 Å². The van der Waals surface area contributed by atoms with Crippen LogP contribution in [0.3, 0.4) is 0 Å². The zero-order chi connectivity index (χ0) is 31.2. The molecular weight excluding hydrogens is 705 g/mol. The van der Waals surface area contributed by atoms with Crippen molar-refractivity contribution in [3.63, 3.8) is 0 Å². The lowest BCUT2D eigenvalue weighted by atomic mass is 10.2. The van der Waals surface area contributed by atoms with E-state index in [1.165, 1.54) is 0 Å². The van der Waals surface area contributed by atoms with E-state index in [4.69, 9.17) is 47.4 Å². The minimum atomic E-state index is 0.450. The first-order valence-electron chi connectivity index (χ1n) is 15.3. The van der Waals surface area contributed by atoms with Gasteiger partial charge in [0.05, 0.1) is 34.1 Å². The lowest BCUT2D eigenvalue weighted by Crippen LogP contribution is -2.16. The van der Waals surface area contributed by atoms with Crippen molar-refractivity contribution in [2.45, 2.75) is 13.8 Å². The SMILES string of the molecule is Cc1sc(-c2sc(-c3sc(-c4sc(-c5sc(C)c6c5OCC[OH+]6)c5c4OCCO5)c4c3OCCO4)c3c2OCCO3)c2c1OCCO2. The van der Waals surface area contributed by atoms with Gasteiger partial charge in [-0.3, -0.25) is 0 Å². The molecule has 5 aliphatic rings. The smallest absolute Gasteiger partial charge is 0.312 e. The number of ether oxygens (including phenoxy) is 10. The summed E-state index contributed by atoms with van der Waals surface area (Å²) in [6, 6.07) is 0. The molecule has 244 valence electrons. The maximum atomic E-state index is 6.38. The van der Waals surface area contributed by atoms with E-state index in [1.54, 1.807) is 56.7 Å². The van der Waals surface area contributed by atoms with Crippen molar-refractivity contribution in [3.8, 4) is 96.5 Å². The van der Waals surface area contributed by atoms with Crippen LogP contribution in [0.1, 0.15) is 9.75 Å². The normalized spacial score (nSPS) is 17.1. The van der Waals surface area contributed by atoms with Crippen molar-refractivity contribution in [1.29, 1.82) is 0 Å². The summed E-state index contributed by atoms with van der Waals surface area (Å²) in [5.74, 6) is 7.66. The molecule has 0 saturated carbocycles. The Morgan fingerprint density at radius 3 is 1.06 bits per heavy atom. The number of thiophene rings is 5. The molecular formula is C32H27O10S5+. The highest BCUT2D eigenvalue weighted by Crippen LogP contribution is 2.67. The molecule has 0 bridgehead atoms. The molecule has 10 rings (SSSR count). The van der Waals surface area contributed by atoms with Gasteiger partial charge in [-0.05, 0) is 13.8 Å². The largest absolute Gasteiger partial charge is 0.577 e. The summed E-state index contributed by atoms with van der Waals surface area (Å²) in [6.45, 7) is 9.19. The summed E-state index contributed by atoms with van der Waals surface area (Å²) in [5.41, 5.74) is 0. The third kappa shape index (κ3) is 4.29. The minimum absolute atomic E-state index is 0.450. The summed E-state index contributed by atoms with van der Waals surface area (Å²) in [5, 5.41) is 0. The third-order valence-corrected chi connectivity index (χ3v) is 14.5. The Morgan fingerprint density at radius 2 is 0.638 bits per heavy atom. The molecule has 47 heavy (non-hydrogen) atoms. The average Bonchev–Trinajstić information content (AvgIpc) is 3.92. The van der Waals surface area contributed by atoms with Gasteiger partial charge in [0.1, 0.15) is 62.6 Å². The molecule has 0 fully saturated rings. The zero-order valence-electron chi connectivity index (χ0n) is 25.2. The van der Waals surface area contributed by atoms with Crippen LogP contribution in [0.15, 0.2) is 0 Å². The fraction of sp³-hybridized carbons (Fsp3) is 0.375. The Hall–Kier alpha value is -3.50. The predicted molar refractivity (Wildman–Crippen MR) is 183 cm³/mol. The molecule has 0 unspecified atom stereocenters. The van der Waals surface area contributed by atoms with Crippen LogP contribution < -0.4 is 42.6 Å². The quantitative estimate of drug-likeness (QED) is 0.171. The second kappa shape index (κ2) is 11.0. The molecule has 0 amide bonds. The van der Waals surface area contributed by atoms with Gasteiger partial charge in [0.25, 0.3) is 0 Å². The van der Waals surface area contributed by atoms with E-state index < -0.39 is 0 Å². The van der Waals surface area contributed by atoms with Crippen LogP contribution in [-0.2, 0) is 0 Å². The first-order chi connectivity index (χ1) is 23.2. The Morgan fingerprint density at radius 1 is 0.340 bits per heavy atom. The molecule has 0 saturated heterocycles. The summed E-state index contributed by atoms with van der Waals surface area (Å²) in [6.07, 6.45) is 0. The maximum absolute atomic E-state index is 6.38. The highest BCUT2D eigenvalue weighted by molar-refractivity contribution is 7.31. The molecule has 5 aromatic rings. The summed E-state index contributed by atoms with van der Waals surface area (Å²) in [7, 11) is 0. The predicted octanol–water partition coefficient (Wildman–Crippen LogP) is 8.00. The standard InChI is InChI=1S/C32H26O10S5/c1-13-15-17(35-5-3-33-15)25(43-13)27-19-21(39-9-7-37-19)29(45-27)31-23-24(42-12-11-41-23)32(47-31)30-22-20(38-8-10-40-22)28(46-30)26-18-16(14(2)44-26)34-4-6-36-18/h3-12H2,1-2H3/p+1. The Kier molecular flexibility index (Phi) is 6.68. The van der Waals surface area contributed by atoms with Gasteiger partial charge in [-0.1, -0.05) is 0 Å². The number of aromatic hydroxyl groups is 1. The van der Waals surface area contributed by atoms with Crippen molar-refractivity contribution in [2.24, 2.45) is 0 Å². The average molecular weight is 732 g/mol. The van der Waals surface area contributed by atoms with Crippen molar-refractivity contribution < 1.29 is 47.4 Å². The maximum Gasteiger partial charge on any atom is 0.312 e. The van der Waals surface area contributed by atoms with E-state index >= 15 is 0 Å². The molecule has 5 aromatic heterocycles. The molecule has 0 spiro atoms. The third-order valence-electron chi connectivity index (χ3n) is 8.20. The fourth-order valence-corrected chi connectivity index (χ4v) is 12.4. The summed E-state index contributed by atoms with van der Waals surface area (Å²) >= 11 is 8.19. The van der Waals surface area contributed by atoms with Crippen LogP contribution in [0, 0.1) is 13.8 Å². The van der Waals surface area contributed by atoms with Crippen LogP contribution in [0.2, 0.25) is 0 Å². The van der Waals surface area contributed by atoms with E-state index in [9.17, 15) is 0 Å². The lowest BCUT2D eigenvalue weighted by Gasteiger charge is -2.19. The summed E-state index contributed by atoms with van der Waals surface area (Å²) < 4.78 is 61.1. The number of aliphatic hydroxyl groups is 1. The van der Waals surface area contributed by atoms with Crippen LogP contribution >= 0.6 is 56.7 Å². The first kappa shape index (κ1) is 28.5. The topological polar surface area (TPSA) is 95.9 Å². The second-order valence-corrected chi connectivity index (χ2v) is 16.6. The van der Waals surface area contributed by atoms with Crippen molar-refractivity contribution in [1.82, 2.24) is 0 Å². The molecule has 1 N–H and O–H groups in total. The molecule has 10 nitrogen and oxygen atoms in total. The molecule has 5 aliphatic heterocycles. The number of hydrogen-bond donors (Lipinski definition) is 0. The number of fused-ring (bicyclic) bond motifs is 5. The van der Waals surface area contributed by atoms with Gasteiger partial charge in [0, 0.05) is 4.88 Å². The van der Waals surface area contributed by atoms with Gasteiger partial charge < -0.3 is 47.4 Å². The Labute approximate surface area is 288 Å². The Bertz CT molecular complexity index is 1920. The first-order valence-corrected chi connectivity index (χ1v) is 19.3. The summed E-state index contributed by atoms with van der Waals surface area (Å²) in [4.78, 5) is 9.89. The Balaban J connectivity index is 1.15. The van der Waals surface area contributed by atoms with Gasteiger partial charge in [0.15, 0.2) is 52.6 Å². The molecule has 0 aromatic carbocycles. The zero-order valence-corrected chi connectivity index (χ0v) is 29.3. The van der Waals surface area contributed by atoms with Crippen LogP contribution in [-0.4, -0.2) is 70.8 Å². The molecule has 15 heteroatoms. The monoisotopic (exact) mass is 731 g/mol. The molecule has 0 radical (unpaired) electrons. The van der Waals surface area contributed by atoms with Gasteiger partial charge in [0.2, 0.25) is 12.4 Å². The van der Waals surface area contributed by atoms with Crippen molar-refractivity contribution in [2.75, 3.05) is 66.1 Å². The number of hydrogen-bond acceptors (Lipinski definition) is 14. The van der Waals surface area contributed by atoms with E-state index in [2.05, 4.69) is 13.8 Å². The molecule has 0 aliphatic carbocycles. The number of aryl methyl sites for hydroxylation is 2. The van der Waals surface area contributed by atoms with Gasteiger partial charge >= 0.3 is 5.75 Å². The lowest BCUT2D eigenvalue weighted by molar-refractivity contribution is 0.0108. The fourth-order valence-electron chi connectivity index (χ4n) is 6.28. The van der Waals surface area contributed by atoms with E-state index in [0.717, 1.165) is 89.0 Å². The minimum Gasteiger partial charge on any atom is -0.577 e. The van der Waals surface area contributed by atoms with Crippen LogP contribution in [0.25, 0.3) is 39.0 Å². The van der Waals surface area contributed by atoms with Gasteiger partial charge in [-0.25, -0.2) is 0 Å². The second-order valence-electron chi connectivity index (χ2n) is 11.1. The van der Waals surface area contributed by atoms with E-state index in [0.29, 0.717) is 83.3 Å². The molecule has 0 atom stereocenters. The number of rotatable bonds is 4. The highest BCUT2D eigenvalue weighted by atomic mass is 32.1. The molecule has 10 heterocycles. The van der Waals surface area contributed by atoms with Crippen LogP contribution in [0.5, 0.6) is 57.5 Å². The van der Waals surface area contributed by atoms with Crippen LogP contribution in [0.4, 0.5) is 0 Å².